The van der Waals surface area contributed by atoms with Gasteiger partial charge in [-0.3, -0.25) is 9.63 Å². The van der Waals surface area contributed by atoms with Crippen LogP contribution >= 0.6 is 22.6 Å². The van der Waals surface area contributed by atoms with E-state index in [9.17, 15) is 9.18 Å². The van der Waals surface area contributed by atoms with Crippen molar-refractivity contribution in [3.63, 3.8) is 0 Å². The summed E-state index contributed by atoms with van der Waals surface area (Å²) >= 11 is 2.01. The van der Waals surface area contributed by atoms with E-state index in [4.69, 9.17) is 9.94 Å². The van der Waals surface area contributed by atoms with Gasteiger partial charge in [-0.2, -0.15) is 5.10 Å². The molecule has 2 heterocycles. The van der Waals surface area contributed by atoms with Crippen LogP contribution in [-0.2, 0) is 4.84 Å². The number of carbonyl (C=O) groups is 1. The van der Waals surface area contributed by atoms with Crippen LogP contribution in [0.15, 0.2) is 36.9 Å². The molecule has 0 aliphatic heterocycles. The quantitative estimate of drug-likeness (QED) is 0.297. The number of hydroxylamine groups is 1. The summed E-state index contributed by atoms with van der Waals surface area (Å²) in [5, 5.41) is 15.7. The number of aromatic nitrogens is 3. The smallest absolute Gasteiger partial charge is 0.278 e. The van der Waals surface area contributed by atoms with E-state index in [1.54, 1.807) is 12.1 Å². The van der Waals surface area contributed by atoms with Gasteiger partial charge < -0.3 is 10.4 Å². The Kier molecular flexibility index (Phi) is 5.40. The second kappa shape index (κ2) is 7.72. The van der Waals surface area contributed by atoms with Crippen molar-refractivity contribution in [1.82, 2.24) is 20.1 Å². The first-order valence-corrected chi connectivity index (χ1v) is 8.24. The van der Waals surface area contributed by atoms with Crippen molar-refractivity contribution in [2.75, 3.05) is 18.5 Å². The number of hydrogen-bond acceptors (Lipinski definition) is 6. The lowest BCUT2D eigenvalue weighted by molar-refractivity contribution is 0.0168. The van der Waals surface area contributed by atoms with Crippen molar-refractivity contribution in [2.24, 2.45) is 0 Å². The maximum Gasteiger partial charge on any atom is 0.278 e. The van der Waals surface area contributed by atoms with Gasteiger partial charge in [0.1, 0.15) is 17.7 Å². The molecular weight excluding hydrogens is 444 g/mol. The summed E-state index contributed by atoms with van der Waals surface area (Å²) in [6.07, 6.45) is 4.29. The zero-order valence-electron chi connectivity index (χ0n) is 12.7. The van der Waals surface area contributed by atoms with Gasteiger partial charge in [0.25, 0.3) is 5.91 Å². The van der Waals surface area contributed by atoms with Gasteiger partial charge in [-0.15, -0.1) is 0 Å². The van der Waals surface area contributed by atoms with Gasteiger partial charge in [-0.25, -0.2) is 19.4 Å². The van der Waals surface area contributed by atoms with Crippen molar-refractivity contribution in [2.45, 2.75) is 0 Å². The van der Waals surface area contributed by atoms with Crippen LogP contribution in [0.5, 0.6) is 0 Å². The molecule has 0 bridgehead atoms. The van der Waals surface area contributed by atoms with Crippen molar-refractivity contribution in [1.29, 1.82) is 0 Å². The van der Waals surface area contributed by atoms with Crippen LogP contribution in [0.2, 0.25) is 0 Å². The molecule has 0 saturated carbocycles. The minimum atomic E-state index is -0.585. The second-order valence-electron chi connectivity index (χ2n) is 4.91. The molecule has 130 valence electrons. The summed E-state index contributed by atoms with van der Waals surface area (Å²) in [6.45, 7) is -0.290. The maximum atomic E-state index is 14.2. The highest BCUT2D eigenvalue weighted by atomic mass is 127. The van der Waals surface area contributed by atoms with Crippen LogP contribution in [-0.4, -0.2) is 38.8 Å². The normalized spacial score (nSPS) is 10.8. The molecule has 25 heavy (non-hydrogen) atoms. The lowest BCUT2D eigenvalue weighted by atomic mass is 10.2. The largest absolute Gasteiger partial charge is 0.394 e. The Hall–Kier alpha value is -2.31. The van der Waals surface area contributed by atoms with E-state index in [1.165, 1.54) is 29.3 Å². The number of nitrogens with one attached hydrogen (secondary N) is 2. The molecule has 2 aromatic heterocycles. The second-order valence-corrected chi connectivity index (χ2v) is 6.15. The number of fused-ring (bicyclic) bond motifs is 1. The topological polar surface area (TPSA) is 101 Å². The highest BCUT2D eigenvalue weighted by Crippen LogP contribution is 2.27. The fourth-order valence-corrected chi connectivity index (χ4v) is 2.58. The first kappa shape index (κ1) is 17.5. The number of aliphatic hydroxyl groups excluding tert-OH is 1. The predicted molar refractivity (Wildman–Crippen MR) is 95.9 cm³/mol. The van der Waals surface area contributed by atoms with E-state index >= 15 is 0 Å². The van der Waals surface area contributed by atoms with E-state index < -0.39 is 11.7 Å². The Bertz CT molecular complexity index is 917. The van der Waals surface area contributed by atoms with Gasteiger partial charge in [0.15, 0.2) is 0 Å². The Balaban J connectivity index is 2.00. The minimum Gasteiger partial charge on any atom is -0.394 e. The van der Waals surface area contributed by atoms with Gasteiger partial charge in [0, 0.05) is 3.57 Å². The van der Waals surface area contributed by atoms with Crippen molar-refractivity contribution >= 4 is 45.4 Å². The predicted octanol–water partition coefficient (Wildman–Crippen LogP) is 1.87. The molecule has 0 aliphatic rings. The van der Waals surface area contributed by atoms with E-state index in [2.05, 4.69) is 20.9 Å². The highest BCUT2D eigenvalue weighted by molar-refractivity contribution is 14.1. The lowest BCUT2D eigenvalue weighted by Crippen LogP contribution is -2.26. The Morgan fingerprint density at radius 2 is 2.24 bits per heavy atom. The molecule has 0 unspecified atom stereocenters. The van der Waals surface area contributed by atoms with Crippen molar-refractivity contribution < 1.29 is 19.1 Å². The summed E-state index contributed by atoms with van der Waals surface area (Å²) in [7, 11) is 0. The maximum absolute atomic E-state index is 14.2. The molecule has 3 rings (SSSR count). The minimum absolute atomic E-state index is 0.0530. The molecule has 0 atom stereocenters. The van der Waals surface area contributed by atoms with E-state index in [0.29, 0.717) is 11.2 Å². The third-order valence-corrected chi connectivity index (χ3v) is 3.92. The third-order valence-electron chi connectivity index (χ3n) is 3.25. The molecule has 3 N–H and O–H groups in total. The van der Waals surface area contributed by atoms with Gasteiger partial charge in [-0.05, 0) is 40.8 Å². The zero-order chi connectivity index (χ0) is 17.8. The van der Waals surface area contributed by atoms with Crippen molar-refractivity contribution in [3.8, 4) is 0 Å². The Labute approximate surface area is 155 Å². The molecule has 0 saturated heterocycles. The van der Waals surface area contributed by atoms with E-state index in [0.717, 1.165) is 3.57 Å². The number of aliphatic hydroxyl groups is 1. The number of anilines is 2. The van der Waals surface area contributed by atoms with Gasteiger partial charge in [-0.1, -0.05) is 0 Å². The lowest BCUT2D eigenvalue weighted by Gasteiger charge is -2.14. The summed E-state index contributed by atoms with van der Waals surface area (Å²) in [6, 6.07) is 4.70. The number of halogens is 2. The standard InChI is InChI=1S/C15H13FIN5O3/c16-11-5-9(17)1-2-12(11)20-14-10(15(24)21-25-4-3-23)6-19-22-8-18-7-13(14)22/h1-2,5-8,20,23H,3-4H2,(H,21,24). The number of nitrogens with zero attached hydrogens (tertiary/aromatic N) is 3. The van der Waals surface area contributed by atoms with Gasteiger partial charge in [0.2, 0.25) is 0 Å². The SMILES string of the molecule is O=C(NOCCO)c1cnn2cncc2c1Nc1ccc(I)cc1F. The van der Waals surface area contributed by atoms with Crippen LogP contribution in [0.1, 0.15) is 10.4 Å². The van der Waals surface area contributed by atoms with E-state index in [1.807, 2.05) is 22.6 Å². The van der Waals surface area contributed by atoms with Crippen LogP contribution in [0.3, 0.4) is 0 Å². The molecule has 0 aliphatic carbocycles. The summed E-state index contributed by atoms with van der Waals surface area (Å²) < 4.78 is 16.4. The van der Waals surface area contributed by atoms with Crippen LogP contribution in [0.25, 0.3) is 5.52 Å². The first-order valence-electron chi connectivity index (χ1n) is 7.16. The number of hydrogen-bond donors (Lipinski definition) is 3. The average Bonchev–Trinajstić information content (AvgIpc) is 3.06. The zero-order valence-corrected chi connectivity index (χ0v) is 14.9. The Morgan fingerprint density at radius 3 is 3.00 bits per heavy atom. The third kappa shape index (κ3) is 3.86. The van der Waals surface area contributed by atoms with Gasteiger partial charge in [0.05, 0.1) is 42.5 Å². The molecule has 0 spiro atoms. The van der Waals surface area contributed by atoms with Crippen LogP contribution in [0.4, 0.5) is 15.8 Å². The van der Waals surface area contributed by atoms with Crippen molar-refractivity contribution in [3.05, 3.63) is 51.9 Å². The molecule has 1 amide bonds. The fraction of sp³-hybridized carbons (Fsp3) is 0.133. The number of rotatable bonds is 6. The monoisotopic (exact) mass is 457 g/mol. The molecule has 10 heteroatoms. The summed E-state index contributed by atoms with van der Waals surface area (Å²) in [5.74, 6) is -1.04. The number of imidazole rings is 1. The van der Waals surface area contributed by atoms with Gasteiger partial charge >= 0.3 is 0 Å². The molecule has 0 radical (unpaired) electrons. The number of carbonyl (C=O) groups excluding carboxylic acids is 1. The summed E-state index contributed by atoms with van der Waals surface area (Å²) in [5.41, 5.74) is 3.38. The fourth-order valence-electron chi connectivity index (χ4n) is 2.13. The molecule has 3 aromatic rings. The molecular formula is C15H13FIN5O3. The summed E-state index contributed by atoms with van der Waals surface area (Å²) in [4.78, 5) is 21.1. The molecule has 0 fully saturated rings. The highest BCUT2D eigenvalue weighted by Gasteiger charge is 2.18. The number of amides is 1. The molecule has 8 nitrogen and oxygen atoms in total. The van der Waals surface area contributed by atoms with E-state index in [-0.39, 0.29) is 24.5 Å². The van der Waals surface area contributed by atoms with Crippen LogP contribution in [0, 0.1) is 9.39 Å². The first-order chi connectivity index (χ1) is 12.1. The van der Waals surface area contributed by atoms with Crippen LogP contribution < -0.4 is 10.8 Å². The Morgan fingerprint density at radius 1 is 1.40 bits per heavy atom. The molecule has 1 aromatic carbocycles. The number of benzene rings is 1. The average molecular weight is 457 g/mol.